The van der Waals surface area contributed by atoms with Crippen LogP contribution < -0.4 is 5.32 Å². The fraction of sp³-hybridized carbons (Fsp3) is 0.529. The predicted molar refractivity (Wildman–Crippen MR) is 89.5 cm³/mol. The molecule has 0 spiro atoms. The summed E-state index contributed by atoms with van der Waals surface area (Å²) in [6.45, 7) is 2.33. The van der Waals surface area contributed by atoms with Gasteiger partial charge in [-0.2, -0.15) is 4.98 Å². The van der Waals surface area contributed by atoms with Gasteiger partial charge in [0.25, 0.3) is 0 Å². The maximum Gasteiger partial charge on any atom is 0.249 e. The SMILES string of the molecule is Cc1ccc(-c2nc(NC(=O)C3CC(=O)N(C4CCCC4)C3)n[nH]2)o1. The summed E-state index contributed by atoms with van der Waals surface area (Å²) in [7, 11) is 0. The lowest BCUT2D eigenvalue weighted by atomic mass is 10.1. The fourth-order valence-corrected chi connectivity index (χ4v) is 3.68. The minimum absolute atomic E-state index is 0.0776. The van der Waals surface area contributed by atoms with Crippen LogP contribution in [0.4, 0.5) is 5.95 Å². The van der Waals surface area contributed by atoms with E-state index in [1.165, 1.54) is 0 Å². The van der Waals surface area contributed by atoms with Crippen molar-refractivity contribution in [1.82, 2.24) is 20.1 Å². The molecule has 1 aliphatic heterocycles. The number of aryl methyl sites for hydroxylation is 1. The Bertz CT molecular complexity index is 790. The Balaban J connectivity index is 1.39. The number of rotatable bonds is 4. The van der Waals surface area contributed by atoms with E-state index in [0.29, 0.717) is 24.2 Å². The molecule has 1 unspecified atom stereocenters. The lowest BCUT2D eigenvalue weighted by Crippen LogP contribution is -2.35. The molecule has 1 atom stereocenters. The molecule has 1 aliphatic carbocycles. The van der Waals surface area contributed by atoms with Gasteiger partial charge in [-0.05, 0) is 31.9 Å². The maximum absolute atomic E-state index is 12.5. The molecule has 8 heteroatoms. The van der Waals surface area contributed by atoms with Crippen molar-refractivity contribution >= 4 is 17.8 Å². The number of likely N-dealkylation sites (tertiary alicyclic amines) is 1. The standard InChI is InChI=1S/C17H21N5O3/c1-10-6-7-13(25-10)15-18-17(21-20-15)19-16(24)11-8-14(23)22(9-11)12-4-2-3-5-12/h6-7,11-12H,2-5,8-9H2,1H3,(H2,18,19,20,21,24). The summed E-state index contributed by atoms with van der Waals surface area (Å²) in [5, 5.41) is 9.45. The third kappa shape index (κ3) is 3.16. The number of anilines is 1. The molecule has 8 nitrogen and oxygen atoms in total. The molecule has 0 radical (unpaired) electrons. The van der Waals surface area contributed by atoms with Crippen LogP contribution in [0.1, 0.15) is 37.9 Å². The molecule has 2 amide bonds. The van der Waals surface area contributed by atoms with Crippen molar-refractivity contribution in [3.05, 3.63) is 17.9 Å². The minimum atomic E-state index is -0.346. The number of aromatic nitrogens is 3. The van der Waals surface area contributed by atoms with Gasteiger partial charge >= 0.3 is 0 Å². The monoisotopic (exact) mass is 343 g/mol. The first kappa shape index (κ1) is 15.9. The number of carbonyl (C=O) groups is 2. The van der Waals surface area contributed by atoms with E-state index in [1.54, 1.807) is 6.07 Å². The molecule has 2 fully saturated rings. The number of amides is 2. The lowest BCUT2D eigenvalue weighted by Gasteiger charge is -2.23. The molecule has 25 heavy (non-hydrogen) atoms. The molecule has 1 saturated carbocycles. The van der Waals surface area contributed by atoms with Gasteiger partial charge in [-0.3, -0.25) is 20.0 Å². The van der Waals surface area contributed by atoms with Gasteiger partial charge < -0.3 is 9.32 Å². The van der Waals surface area contributed by atoms with Gasteiger partial charge in [-0.25, -0.2) is 0 Å². The largest absolute Gasteiger partial charge is 0.458 e. The maximum atomic E-state index is 12.5. The molecular weight excluding hydrogens is 322 g/mol. The second-order valence-corrected chi connectivity index (χ2v) is 6.79. The van der Waals surface area contributed by atoms with Crippen molar-refractivity contribution in [3.63, 3.8) is 0 Å². The van der Waals surface area contributed by atoms with Crippen molar-refractivity contribution in [2.24, 2.45) is 5.92 Å². The van der Waals surface area contributed by atoms with E-state index < -0.39 is 0 Å². The zero-order valence-corrected chi connectivity index (χ0v) is 14.1. The number of hydrogen-bond donors (Lipinski definition) is 2. The van der Waals surface area contributed by atoms with Crippen molar-refractivity contribution in [3.8, 4) is 11.6 Å². The molecule has 4 rings (SSSR count). The van der Waals surface area contributed by atoms with E-state index in [2.05, 4.69) is 20.5 Å². The average Bonchev–Trinajstić information content (AvgIpc) is 3.32. The number of nitrogens with one attached hydrogen (secondary N) is 2. The van der Waals surface area contributed by atoms with Crippen LogP contribution in [-0.4, -0.2) is 44.5 Å². The normalized spacial score (nSPS) is 21.2. The molecule has 2 N–H and O–H groups in total. The van der Waals surface area contributed by atoms with E-state index in [-0.39, 0.29) is 30.1 Å². The van der Waals surface area contributed by atoms with Gasteiger partial charge in [-0.1, -0.05) is 12.8 Å². The first-order valence-electron chi connectivity index (χ1n) is 8.69. The summed E-state index contributed by atoms with van der Waals surface area (Å²) in [6, 6.07) is 3.93. The van der Waals surface area contributed by atoms with Gasteiger partial charge in [0.15, 0.2) is 11.6 Å². The van der Waals surface area contributed by atoms with E-state index in [0.717, 1.165) is 31.4 Å². The summed E-state index contributed by atoms with van der Waals surface area (Å²) >= 11 is 0. The van der Waals surface area contributed by atoms with Crippen LogP contribution in [-0.2, 0) is 9.59 Å². The Hall–Kier alpha value is -2.64. The van der Waals surface area contributed by atoms with E-state index >= 15 is 0 Å². The molecule has 2 aromatic heterocycles. The van der Waals surface area contributed by atoms with Gasteiger partial charge in [0.2, 0.25) is 17.8 Å². The van der Waals surface area contributed by atoms with Crippen molar-refractivity contribution < 1.29 is 14.0 Å². The van der Waals surface area contributed by atoms with Gasteiger partial charge in [-0.15, -0.1) is 5.10 Å². The zero-order chi connectivity index (χ0) is 17.4. The summed E-state index contributed by atoms with van der Waals surface area (Å²) in [4.78, 5) is 30.8. The Labute approximate surface area is 145 Å². The summed E-state index contributed by atoms with van der Waals surface area (Å²) < 4.78 is 5.47. The lowest BCUT2D eigenvalue weighted by molar-refractivity contribution is -0.129. The van der Waals surface area contributed by atoms with Crippen molar-refractivity contribution in [2.75, 3.05) is 11.9 Å². The third-order valence-electron chi connectivity index (χ3n) is 4.99. The number of nitrogens with zero attached hydrogens (tertiary/aromatic N) is 3. The molecule has 0 bridgehead atoms. The molecule has 3 heterocycles. The zero-order valence-electron chi connectivity index (χ0n) is 14.1. The molecule has 2 aromatic rings. The van der Waals surface area contributed by atoms with E-state index in [9.17, 15) is 9.59 Å². The third-order valence-corrected chi connectivity index (χ3v) is 4.99. The van der Waals surface area contributed by atoms with Crippen molar-refractivity contribution in [2.45, 2.75) is 45.1 Å². The fourth-order valence-electron chi connectivity index (χ4n) is 3.68. The number of H-pyrrole nitrogens is 1. The van der Waals surface area contributed by atoms with Crippen LogP contribution in [0.5, 0.6) is 0 Å². The summed E-state index contributed by atoms with van der Waals surface area (Å²) in [5.74, 6) is 1.51. The Morgan fingerprint density at radius 2 is 2.16 bits per heavy atom. The van der Waals surface area contributed by atoms with Crippen molar-refractivity contribution in [1.29, 1.82) is 0 Å². The second-order valence-electron chi connectivity index (χ2n) is 6.79. The highest BCUT2D eigenvalue weighted by atomic mass is 16.3. The van der Waals surface area contributed by atoms with Crippen LogP contribution in [0.3, 0.4) is 0 Å². The van der Waals surface area contributed by atoms with E-state index in [1.807, 2.05) is 17.9 Å². The first-order valence-corrected chi connectivity index (χ1v) is 8.69. The number of aromatic amines is 1. The highest BCUT2D eigenvalue weighted by Crippen LogP contribution is 2.30. The summed E-state index contributed by atoms with van der Waals surface area (Å²) in [5.41, 5.74) is 0. The number of hydrogen-bond acceptors (Lipinski definition) is 5. The average molecular weight is 343 g/mol. The van der Waals surface area contributed by atoms with Crippen LogP contribution in [0.15, 0.2) is 16.5 Å². The Kier molecular flexibility index (Phi) is 4.03. The minimum Gasteiger partial charge on any atom is -0.458 e. The smallest absolute Gasteiger partial charge is 0.249 e. The highest BCUT2D eigenvalue weighted by Gasteiger charge is 2.38. The molecule has 1 saturated heterocycles. The second kappa shape index (κ2) is 6.34. The molecule has 0 aromatic carbocycles. The van der Waals surface area contributed by atoms with Crippen LogP contribution in [0, 0.1) is 12.8 Å². The summed E-state index contributed by atoms with van der Waals surface area (Å²) in [6.07, 6.45) is 4.69. The Morgan fingerprint density at radius 1 is 1.36 bits per heavy atom. The van der Waals surface area contributed by atoms with Gasteiger partial charge in [0, 0.05) is 19.0 Å². The number of furan rings is 1. The van der Waals surface area contributed by atoms with Crippen LogP contribution in [0.2, 0.25) is 0 Å². The molecule has 2 aliphatic rings. The van der Waals surface area contributed by atoms with Crippen LogP contribution >= 0.6 is 0 Å². The predicted octanol–water partition coefficient (Wildman–Crippen LogP) is 2.10. The van der Waals surface area contributed by atoms with Gasteiger partial charge in [0.1, 0.15) is 5.76 Å². The Morgan fingerprint density at radius 3 is 2.88 bits per heavy atom. The van der Waals surface area contributed by atoms with Crippen LogP contribution in [0.25, 0.3) is 11.6 Å². The molecule has 132 valence electrons. The van der Waals surface area contributed by atoms with E-state index in [4.69, 9.17) is 4.42 Å². The highest BCUT2D eigenvalue weighted by molar-refractivity contribution is 5.96. The van der Waals surface area contributed by atoms with Gasteiger partial charge in [0.05, 0.1) is 5.92 Å². The number of carbonyl (C=O) groups excluding carboxylic acids is 2. The quantitative estimate of drug-likeness (QED) is 0.885. The first-order chi connectivity index (χ1) is 12.1. The topological polar surface area (TPSA) is 104 Å². The molecular formula is C17H21N5O3.